The molecule has 0 atom stereocenters. The van der Waals surface area contributed by atoms with Crippen LogP contribution in [0.1, 0.15) is 36.6 Å². The number of carbonyl (C=O) groups excluding carboxylic acids is 3. The number of anilines is 1. The average molecular weight is 466 g/mol. The molecule has 3 N–H and O–H groups in total. The van der Waals surface area contributed by atoms with Crippen molar-refractivity contribution in [1.29, 1.82) is 0 Å². The molecular weight excluding hydrogens is 442 g/mol. The lowest BCUT2D eigenvalue weighted by molar-refractivity contribution is 0.0926. The van der Waals surface area contributed by atoms with Crippen LogP contribution in [-0.4, -0.2) is 37.9 Å². The molecule has 0 aliphatic heterocycles. The number of hydrogen-bond acceptors (Lipinski definition) is 4. The minimum atomic E-state index is -0.350. The Morgan fingerprint density at radius 2 is 1.36 bits per heavy atom. The number of amides is 3. The molecule has 8 heteroatoms. The number of rotatable bonds is 8. The van der Waals surface area contributed by atoms with Gasteiger partial charge in [0.2, 0.25) is 0 Å². The third-order valence-electron chi connectivity index (χ3n) is 4.82. The smallest absolute Gasteiger partial charge is 0.255 e. The van der Waals surface area contributed by atoms with Crippen molar-refractivity contribution in [2.75, 3.05) is 25.5 Å². The predicted molar refractivity (Wildman–Crippen MR) is 128 cm³/mol. The van der Waals surface area contributed by atoms with Gasteiger partial charge >= 0.3 is 0 Å². The second-order valence-electron chi connectivity index (χ2n) is 7.25. The molecule has 3 rings (SSSR count). The van der Waals surface area contributed by atoms with E-state index >= 15 is 0 Å². The lowest BCUT2D eigenvalue weighted by Gasteiger charge is -2.11. The summed E-state index contributed by atoms with van der Waals surface area (Å²) in [6.07, 6.45) is 0. The Hall–Kier alpha value is -3.84. The molecule has 170 valence electrons. The van der Waals surface area contributed by atoms with Crippen LogP contribution in [0.5, 0.6) is 5.75 Å². The fraction of sp³-hybridized carbons (Fsp3) is 0.160. The highest BCUT2D eigenvalue weighted by molar-refractivity contribution is 6.31. The van der Waals surface area contributed by atoms with Gasteiger partial charge in [0.05, 0.1) is 12.7 Å². The minimum Gasteiger partial charge on any atom is -0.496 e. The second kappa shape index (κ2) is 11.2. The van der Waals surface area contributed by atoms with E-state index in [0.717, 1.165) is 5.56 Å². The van der Waals surface area contributed by atoms with Crippen LogP contribution in [0, 0.1) is 6.92 Å². The van der Waals surface area contributed by atoms with Gasteiger partial charge in [-0.05, 0) is 61.5 Å². The van der Waals surface area contributed by atoms with Crippen molar-refractivity contribution >= 4 is 35.0 Å². The van der Waals surface area contributed by atoms with Gasteiger partial charge in [0.15, 0.2) is 0 Å². The Balaban J connectivity index is 1.47. The molecule has 33 heavy (non-hydrogen) atoms. The molecule has 3 aromatic rings. The zero-order valence-electron chi connectivity index (χ0n) is 18.3. The quantitative estimate of drug-likeness (QED) is 0.437. The van der Waals surface area contributed by atoms with Crippen LogP contribution in [0.15, 0.2) is 66.7 Å². The van der Waals surface area contributed by atoms with Crippen LogP contribution in [-0.2, 0) is 0 Å². The number of ether oxygens (including phenoxy) is 1. The number of nitrogens with one attached hydrogen (secondary N) is 3. The number of hydrogen-bond donors (Lipinski definition) is 3. The molecule has 0 aromatic heterocycles. The first kappa shape index (κ1) is 23.8. The fourth-order valence-corrected chi connectivity index (χ4v) is 3.19. The molecule has 0 spiro atoms. The summed E-state index contributed by atoms with van der Waals surface area (Å²) in [6, 6.07) is 18.6. The molecular formula is C25H24ClN3O4. The maximum Gasteiger partial charge on any atom is 0.255 e. The van der Waals surface area contributed by atoms with Crippen LogP contribution in [0.2, 0.25) is 5.02 Å². The number of methoxy groups -OCH3 is 1. The summed E-state index contributed by atoms with van der Waals surface area (Å²) in [5, 5.41) is 8.68. The molecule has 0 aliphatic rings. The summed E-state index contributed by atoms with van der Waals surface area (Å²) in [5.74, 6) is -0.451. The van der Waals surface area contributed by atoms with Gasteiger partial charge in [0, 0.05) is 34.9 Å². The third-order valence-corrected chi connectivity index (χ3v) is 5.06. The Morgan fingerprint density at radius 1 is 0.788 bits per heavy atom. The van der Waals surface area contributed by atoms with Crippen molar-refractivity contribution in [3.8, 4) is 5.75 Å². The standard InChI is InChI=1S/C25H24ClN3O4/c1-16-3-5-18(6-4-16)24(31)29-20-10-7-17(8-11-20)23(30)27-13-14-28-25(32)21-15-19(26)9-12-22(21)33-2/h3-12,15H,13-14H2,1-2H3,(H,27,30)(H,28,32)(H,29,31). The summed E-state index contributed by atoms with van der Waals surface area (Å²) >= 11 is 5.95. The molecule has 0 bridgehead atoms. The van der Waals surface area contributed by atoms with Gasteiger partial charge in [-0.2, -0.15) is 0 Å². The van der Waals surface area contributed by atoms with Crippen LogP contribution >= 0.6 is 11.6 Å². The predicted octanol–water partition coefficient (Wildman–Crippen LogP) is 4.07. The number of benzene rings is 3. The topological polar surface area (TPSA) is 96.5 Å². The van der Waals surface area contributed by atoms with Gasteiger partial charge in [-0.3, -0.25) is 14.4 Å². The van der Waals surface area contributed by atoms with E-state index in [4.69, 9.17) is 16.3 Å². The molecule has 0 radical (unpaired) electrons. The van der Waals surface area contributed by atoms with E-state index in [0.29, 0.717) is 33.1 Å². The van der Waals surface area contributed by atoms with Crippen molar-refractivity contribution < 1.29 is 19.1 Å². The summed E-state index contributed by atoms with van der Waals surface area (Å²) in [5.41, 5.74) is 2.97. The summed E-state index contributed by atoms with van der Waals surface area (Å²) < 4.78 is 5.17. The Kier molecular flexibility index (Phi) is 8.05. The van der Waals surface area contributed by atoms with Gasteiger partial charge in [-0.1, -0.05) is 29.3 Å². The Morgan fingerprint density at radius 3 is 2.00 bits per heavy atom. The molecule has 0 unspecified atom stereocenters. The van der Waals surface area contributed by atoms with E-state index in [9.17, 15) is 14.4 Å². The molecule has 0 heterocycles. The first-order valence-corrected chi connectivity index (χ1v) is 10.6. The number of aryl methyl sites for hydroxylation is 1. The second-order valence-corrected chi connectivity index (χ2v) is 7.69. The lowest BCUT2D eigenvalue weighted by atomic mass is 10.1. The monoisotopic (exact) mass is 465 g/mol. The summed E-state index contributed by atoms with van der Waals surface area (Å²) in [7, 11) is 1.47. The number of carbonyl (C=O) groups is 3. The largest absolute Gasteiger partial charge is 0.496 e. The van der Waals surface area contributed by atoms with E-state index in [1.807, 2.05) is 19.1 Å². The van der Waals surface area contributed by atoms with Crippen LogP contribution < -0.4 is 20.7 Å². The molecule has 0 saturated carbocycles. The van der Waals surface area contributed by atoms with Crippen molar-refractivity contribution in [2.24, 2.45) is 0 Å². The van der Waals surface area contributed by atoms with Gasteiger partial charge in [-0.25, -0.2) is 0 Å². The maximum absolute atomic E-state index is 12.3. The normalized spacial score (nSPS) is 10.3. The zero-order chi connectivity index (χ0) is 23.8. The average Bonchev–Trinajstić information content (AvgIpc) is 2.82. The highest BCUT2D eigenvalue weighted by Gasteiger charge is 2.13. The number of halogens is 1. The third kappa shape index (κ3) is 6.57. The van der Waals surface area contributed by atoms with Crippen molar-refractivity contribution in [1.82, 2.24) is 10.6 Å². The molecule has 7 nitrogen and oxygen atoms in total. The van der Waals surface area contributed by atoms with E-state index in [1.54, 1.807) is 48.5 Å². The first-order valence-electron chi connectivity index (χ1n) is 10.3. The van der Waals surface area contributed by atoms with Gasteiger partial charge in [0.25, 0.3) is 17.7 Å². The molecule has 0 saturated heterocycles. The van der Waals surface area contributed by atoms with Gasteiger partial charge in [0.1, 0.15) is 5.75 Å². The van der Waals surface area contributed by atoms with Crippen LogP contribution in [0.25, 0.3) is 0 Å². The van der Waals surface area contributed by atoms with Crippen molar-refractivity contribution in [3.05, 3.63) is 94.0 Å². The molecule has 0 fully saturated rings. The van der Waals surface area contributed by atoms with Gasteiger partial charge in [-0.15, -0.1) is 0 Å². The van der Waals surface area contributed by atoms with E-state index in [-0.39, 0.29) is 30.8 Å². The lowest BCUT2D eigenvalue weighted by Crippen LogP contribution is -2.34. The van der Waals surface area contributed by atoms with E-state index < -0.39 is 0 Å². The highest BCUT2D eigenvalue weighted by atomic mass is 35.5. The highest BCUT2D eigenvalue weighted by Crippen LogP contribution is 2.22. The molecule has 3 amide bonds. The van der Waals surface area contributed by atoms with Gasteiger partial charge < -0.3 is 20.7 Å². The van der Waals surface area contributed by atoms with E-state index in [1.165, 1.54) is 13.2 Å². The first-order chi connectivity index (χ1) is 15.9. The summed E-state index contributed by atoms with van der Waals surface area (Å²) in [4.78, 5) is 37.0. The fourth-order valence-electron chi connectivity index (χ4n) is 3.02. The molecule has 0 aliphatic carbocycles. The summed E-state index contributed by atoms with van der Waals surface area (Å²) in [6.45, 7) is 2.42. The molecule has 3 aromatic carbocycles. The zero-order valence-corrected chi connectivity index (χ0v) is 19.0. The minimum absolute atomic E-state index is 0.223. The SMILES string of the molecule is COc1ccc(Cl)cc1C(=O)NCCNC(=O)c1ccc(NC(=O)c2ccc(C)cc2)cc1. The van der Waals surface area contributed by atoms with Crippen LogP contribution in [0.4, 0.5) is 5.69 Å². The van der Waals surface area contributed by atoms with Crippen molar-refractivity contribution in [3.63, 3.8) is 0 Å². The Labute approximate surface area is 197 Å². The Bertz CT molecular complexity index is 1150. The van der Waals surface area contributed by atoms with Crippen molar-refractivity contribution in [2.45, 2.75) is 6.92 Å². The van der Waals surface area contributed by atoms with E-state index in [2.05, 4.69) is 16.0 Å². The van der Waals surface area contributed by atoms with Crippen LogP contribution in [0.3, 0.4) is 0 Å². The maximum atomic E-state index is 12.3.